The lowest BCUT2D eigenvalue weighted by Gasteiger charge is -2.16. The van der Waals surface area contributed by atoms with Gasteiger partial charge < -0.3 is 15.8 Å². The monoisotopic (exact) mass is 290 g/mol. The van der Waals surface area contributed by atoms with Crippen molar-refractivity contribution in [1.82, 2.24) is 9.97 Å². The third-order valence-corrected chi connectivity index (χ3v) is 2.77. The van der Waals surface area contributed by atoms with Crippen LogP contribution < -0.4 is 15.8 Å². The normalized spacial score (nSPS) is 10.7. The van der Waals surface area contributed by atoms with Crippen LogP contribution in [0, 0.1) is 5.82 Å². The van der Waals surface area contributed by atoms with Gasteiger partial charge in [-0.15, -0.1) is 0 Å². The number of nitrogens with zero attached hydrogens (tertiary/aromatic N) is 2. The Morgan fingerprint density at radius 2 is 2.10 bits per heavy atom. The molecule has 0 bridgehead atoms. The summed E-state index contributed by atoms with van der Waals surface area (Å²) in [7, 11) is 0. The lowest BCUT2D eigenvalue weighted by molar-refractivity contribution is 0.339. The van der Waals surface area contributed by atoms with E-state index in [-0.39, 0.29) is 17.8 Å². The van der Waals surface area contributed by atoms with Gasteiger partial charge in [0.15, 0.2) is 0 Å². The van der Waals surface area contributed by atoms with Crippen LogP contribution >= 0.6 is 0 Å². The van der Waals surface area contributed by atoms with Crippen molar-refractivity contribution in [2.45, 2.75) is 26.8 Å². The number of halogens is 1. The summed E-state index contributed by atoms with van der Waals surface area (Å²) in [5.74, 6) is 0.890. The molecule has 6 heteroatoms. The molecule has 0 amide bonds. The third-order valence-electron chi connectivity index (χ3n) is 2.77. The lowest BCUT2D eigenvalue weighted by atomic mass is 10.1. The number of nitrogens with one attached hydrogen (secondary N) is 1. The van der Waals surface area contributed by atoms with Crippen molar-refractivity contribution in [2.75, 3.05) is 17.7 Å². The molecule has 1 heterocycles. The van der Waals surface area contributed by atoms with Gasteiger partial charge >= 0.3 is 0 Å². The zero-order chi connectivity index (χ0) is 15.4. The Morgan fingerprint density at radius 1 is 1.33 bits per heavy atom. The topological polar surface area (TPSA) is 73.1 Å². The first kappa shape index (κ1) is 15.0. The lowest BCUT2D eigenvalue weighted by Crippen LogP contribution is -2.13. The minimum Gasteiger partial charge on any atom is -0.493 e. The van der Waals surface area contributed by atoms with Crippen LogP contribution in [-0.4, -0.2) is 22.6 Å². The van der Waals surface area contributed by atoms with E-state index in [0.29, 0.717) is 18.2 Å². The molecule has 1 aromatic carbocycles. The van der Waals surface area contributed by atoms with E-state index in [1.165, 1.54) is 12.1 Å². The minimum absolute atomic E-state index is 0.175. The number of nitrogen functional groups attached to an aromatic ring is 1. The largest absolute Gasteiger partial charge is 0.493 e. The predicted octanol–water partition coefficient (Wildman–Crippen LogP) is 3.08. The van der Waals surface area contributed by atoms with Crippen molar-refractivity contribution in [3.05, 3.63) is 30.2 Å². The van der Waals surface area contributed by atoms with Crippen LogP contribution in [0.3, 0.4) is 0 Å². The standard InChI is InChI=1S/C15H19FN4O/c1-4-21-13-7-10(16)5-6-11(13)12-8-18-15(17)20-14(12)19-9(2)3/h5-9H,4H2,1-3H3,(H3,17,18,19,20). The molecule has 0 saturated heterocycles. The predicted molar refractivity (Wildman–Crippen MR) is 81.8 cm³/mol. The van der Waals surface area contributed by atoms with Gasteiger partial charge in [0.05, 0.1) is 6.61 Å². The fourth-order valence-corrected chi connectivity index (χ4v) is 1.97. The fourth-order valence-electron chi connectivity index (χ4n) is 1.97. The highest BCUT2D eigenvalue weighted by atomic mass is 19.1. The molecule has 0 unspecified atom stereocenters. The first-order valence-electron chi connectivity index (χ1n) is 6.83. The molecule has 0 aliphatic heterocycles. The Morgan fingerprint density at radius 3 is 2.76 bits per heavy atom. The first-order chi connectivity index (χ1) is 10.0. The molecule has 21 heavy (non-hydrogen) atoms. The number of aromatic nitrogens is 2. The molecule has 1 aromatic heterocycles. The molecule has 0 aliphatic rings. The average molecular weight is 290 g/mol. The van der Waals surface area contributed by atoms with Crippen molar-refractivity contribution < 1.29 is 9.13 Å². The van der Waals surface area contributed by atoms with E-state index in [9.17, 15) is 4.39 Å². The SMILES string of the molecule is CCOc1cc(F)ccc1-c1cnc(N)nc1NC(C)C. The van der Waals surface area contributed by atoms with E-state index in [0.717, 1.165) is 11.1 Å². The van der Waals surface area contributed by atoms with E-state index in [2.05, 4.69) is 15.3 Å². The molecule has 2 aromatic rings. The second-order valence-corrected chi connectivity index (χ2v) is 4.86. The minimum atomic E-state index is -0.350. The number of rotatable bonds is 5. The summed E-state index contributed by atoms with van der Waals surface area (Å²) < 4.78 is 18.9. The summed E-state index contributed by atoms with van der Waals surface area (Å²) in [6.07, 6.45) is 1.61. The summed E-state index contributed by atoms with van der Waals surface area (Å²) in [5, 5.41) is 3.22. The maximum absolute atomic E-state index is 13.4. The van der Waals surface area contributed by atoms with Crippen molar-refractivity contribution in [3.8, 4) is 16.9 Å². The maximum atomic E-state index is 13.4. The van der Waals surface area contributed by atoms with Crippen LogP contribution in [0.1, 0.15) is 20.8 Å². The number of benzene rings is 1. The Labute approximate surface area is 123 Å². The van der Waals surface area contributed by atoms with E-state index in [1.54, 1.807) is 12.3 Å². The van der Waals surface area contributed by atoms with Gasteiger partial charge in [-0.2, -0.15) is 4.98 Å². The van der Waals surface area contributed by atoms with E-state index < -0.39 is 0 Å². The average Bonchev–Trinajstić information content (AvgIpc) is 2.40. The summed E-state index contributed by atoms with van der Waals surface area (Å²) in [5.41, 5.74) is 7.10. The van der Waals surface area contributed by atoms with Gasteiger partial charge in [-0.3, -0.25) is 0 Å². The highest BCUT2D eigenvalue weighted by Gasteiger charge is 2.14. The fraction of sp³-hybridized carbons (Fsp3) is 0.333. The number of hydrogen-bond acceptors (Lipinski definition) is 5. The maximum Gasteiger partial charge on any atom is 0.221 e. The highest BCUT2D eigenvalue weighted by Crippen LogP contribution is 2.34. The Balaban J connectivity index is 2.55. The molecule has 0 atom stereocenters. The summed E-state index contributed by atoms with van der Waals surface area (Å²) >= 11 is 0. The summed E-state index contributed by atoms with van der Waals surface area (Å²) in [6.45, 7) is 6.28. The van der Waals surface area contributed by atoms with Crippen molar-refractivity contribution in [3.63, 3.8) is 0 Å². The Hall–Kier alpha value is -2.37. The van der Waals surface area contributed by atoms with Gasteiger partial charge in [0, 0.05) is 29.4 Å². The van der Waals surface area contributed by atoms with Gasteiger partial charge in [0.25, 0.3) is 0 Å². The molecule has 3 N–H and O–H groups in total. The molecule has 0 spiro atoms. The van der Waals surface area contributed by atoms with Crippen LogP contribution in [0.25, 0.3) is 11.1 Å². The Bertz CT molecular complexity index is 631. The van der Waals surface area contributed by atoms with E-state index in [1.807, 2.05) is 20.8 Å². The smallest absolute Gasteiger partial charge is 0.221 e. The molecule has 2 rings (SSSR count). The van der Waals surface area contributed by atoms with Crippen LogP contribution in [0.2, 0.25) is 0 Å². The molecule has 5 nitrogen and oxygen atoms in total. The third kappa shape index (κ3) is 3.59. The van der Waals surface area contributed by atoms with Crippen LogP contribution in [0.5, 0.6) is 5.75 Å². The molecule has 0 aliphatic carbocycles. The second-order valence-electron chi connectivity index (χ2n) is 4.86. The van der Waals surface area contributed by atoms with Gasteiger partial charge in [-0.05, 0) is 32.9 Å². The second kappa shape index (κ2) is 6.39. The number of ether oxygens (including phenoxy) is 1. The van der Waals surface area contributed by atoms with Crippen molar-refractivity contribution in [1.29, 1.82) is 0 Å². The van der Waals surface area contributed by atoms with Crippen LogP contribution in [-0.2, 0) is 0 Å². The molecular weight excluding hydrogens is 271 g/mol. The molecule has 0 radical (unpaired) electrons. The number of anilines is 2. The zero-order valence-corrected chi connectivity index (χ0v) is 12.4. The molecule has 0 fully saturated rings. The quantitative estimate of drug-likeness (QED) is 0.885. The Kier molecular flexibility index (Phi) is 4.57. The zero-order valence-electron chi connectivity index (χ0n) is 12.4. The van der Waals surface area contributed by atoms with Gasteiger partial charge in [-0.1, -0.05) is 0 Å². The summed E-state index contributed by atoms with van der Waals surface area (Å²) in [4.78, 5) is 8.24. The molecular formula is C15H19FN4O. The number of nitrogens with two attached hydrogens (primary N) is 1. The van der Waals surface area contributed by atoms with Crippen LogP contribution in [0.4, 0.5) is 16.2 Å². The van der Waals surface area contributed by atoms with Crippen molar-refractivity contribution >= 4 is 11.8 Å². The van der Waals surface area contributed by atoms with Gasteiger partial charge in [-0.25, -0.2) is 9.37 Å². The van der Waals surface area contributed by atoms with Crippen molar-refractivity contribution in [2.24, 2.45) is 0 Å². The van der Waals surface area contributed by atoms with Gasteiger partial charge in [0.2, 0.25) is 5.95 Å². The van der Waals surface area contributed by atoms with Gasteiger partial charge in [0.1, 0.15) is 17.4 Å². The molecule has 0 saturated carbocycles. The first-order valence-corrected chi connectivity index (χ1v) is 6.83. The van der Waals surface area contributed by atoms with E-state index in [4.69, 9.17) is 10.5 Å². The summed E-state index contributed by atoms with van der Waals surface area (Å²) in [6, 6.07) is 4.57. The molecule has 112 valence electrons. The number of hydrogen-bond donors (Lipinski definition) is 2. The van der Waals surface area contributed by atoms with Crippen LogP contribution in [0.15, 0.2) is 24.4 Å². The highest BCUT2D eigenvalue weighted by molar-refractivity contribution is 5.79. The van der Waals surface area contributed by atoms with E-state index >= 15 is 0 Å².